The second kappa shape index (κ2) is 5.12. The van der Waals surface area contributed by atoms with Crippen molar-refractivity contribution in [2.45, 2.75) is 56.0 Å². The lowest BCUT2D eigenvalue weighted by Gasteiger charge is -2.58. The normalized spacial score (nSPS) is 39.8. The third-order valence-corrected chi connectivity index (χ3v) is 7.59. The Morgan fingerprint density at radius 3 is 3.04 bits per heavy atom. The van der Waals surface area contributed by atoms with Gasteiger partial charge in [-0.15, -0.1) is 0 Å². The summed E-state index contributed by atoms with van der Waals surface area (Å²) in [5.74, 6) is 0.985. The maximum atomic E-state index is 9.81. The van der Waals surface area contributed by atoms with Crippen molar-refractivity contribution in [1.82, 2.24) is 4.90 Å². The van der Waals surface area contributed by atoms with Crippen LogP contribution < -0.4 is 10.1 Å². The van der Waals surface area contributed by atoms with Crippen molar-refractivity contribution < 1.29 is 9.84 Å². The largest absolute Gasteiger partial charge is 0.495 e. The third-order valence-electron chi connectivity index (χ3n) is 7.59. The number of nitrogens with zero attached hydrogens (tertiary/aromatic N) is 1. The highest BCUT2D eigenvalue weighted by Crippen LogP contribution is 2.64. The Bertz CT molecular complexity index is 659. The van der Waals surface area contributed by atoms with Gasteiger partial charge in [-0.2, -0.15) is 0 Å². The maximum absolute atomic E-state index is 9.81. The van der Waals surface area contributed by atoms with Crippen LogP contribution in [-0.4, -0.2) is 48.9 Å². The zero-order chi connectivity index (χ0) is 16.4. The second-order valence-electron chi connectivity index (χ2n) is 8.29. The van der Waals surface area contributed by atoms with Crippen LogP contribution in [-0.2, 0) is 5.41 Å². The van der Waals surface area contributed by atoms with Gasteiger partial charge >= 0.3 is 0 Å². The number of piperidine rings is 1. The van der Waals surface area contributed by atoms with Crippen LogP contribution in [0.15, 0.2) is 18.2 Å². The molecule has 1 aromatic rings. The predicted octanol–water partition coefficient (Wildman–Crippen LogP) is 2.76. The van der Waals surface area contributed by atoms with Gasteiger partial charge in [-0.05, 0) is 68.7 Å². The monoisotopic (exact) mass is 328 g/mol. The Balaban J connectivity index is 1.69. The number of ether oxygens (including phenoxy) is 1. The van der Waals surface area contributed by atoms with Crippen molar-refractivity contribution in [2.24, 2.45) is 5.41 Å². The molecule has 1 aliphatic carbocycles. The van der Waals surface area contributed by atoms with Gasteiger partial charge < -0.3 is 15.2 Å². The third kappa shape index (κ3) is 1.66. The van der Waals surface area contributed by atoms with Crippen LogP contribution in [0.25, 0.3) is 0 Å². The molecule has 4 atom stereocenters. The van der Waals surface area contributed by atoms with Crippen molar-refractivity contribution in [3.63, 3.8) is 0 Å². The van der Waals surface area contributed by atoms with Gasteiger partial charge in [0.15, 0.2) is 0 Å². The van der Waals surface area contributed by atoms with E-state index < -0.39 is 0 Å². The Morgan fingerprint density at radius 1 is 1.29 bits per heavy atom. The summed E-state index contributed by atoms with van der Waals surface area (Å²) in [7, 11) is 1.77. The molecular formula is C20H28N2O2. The average Bonchev–Trinajstić information content (AvgIpc) is 3.16. The smallest absolute Gasteiger partial charge is 0.142 e. The van der Waals surface area contributed by atoms with E-state index >= 15 is 0 Å². The molecule has 0 aromatic heterocycles. The number of nitrogens with one attached hydrogen (secondary N) is 1. The zero-order valence-corrected chi connectivity index (χ0v) is 14.6. The molecule has 0 bridgehead atoms. The first-order chi connectivity index (χ1) is 11.7. The quantitative estimate of drug-likeness (QED) is 0.895. The van der Waals surface area contributed by atoms with Gasteiger partial charge in [-0.25, -0.2) is 0 Å². The molecule has 3 heterocycles. The van der Waals surface area contributed by atoms with E-state index in [0.717, 1.165) is 12.2 Å². The van der Waals surface area contributed by atoms with Crippen molar-refractivity contribution in [1.29, 1.82) is 0 Å². The number of anilines is 1. The van der Waals surface area contributed by atoms with E-state index in [-0.39, 0.29) is 5.41 Å². The van der Waals surface area contributed by atoms with E-state index in [1.54, 1.807) is 7.11 Å². The molecule has 0 unspecified atom stereocenters. The van der Waals surface area contributed by atoms with Gasteiger partial charge in [0.2, 0.25) is 0 Å². The van der Waals surface area contributed by atoms with Gasteiger partial charge in [0.25, 0.3) is 0 Å². The van der Waals surface area contributed by atoms with Crippen molar-refractivity contribution in [3.05, 3.63) is 23.8 Å². The summed E-state index contributed by atoms with van der Waals surface area (Å²) < 4.78 is 5.66. The van der Waals surface area contributed by atoms with Crippen LogP contribution in [0.3, 0.4) is 0 Å². The van der Waals surface area contributed by atoms with E-state index in [4.69, 9.17) is 4.74 Å². The number of benzene rings is 1. The summed E-state index contributed by atoms with van der Waals surface area (Å²) in [4.78, 5) is 2.75. The molecule has 4 aliphatic rings. The molecule has 4 nitrogen and oxygen atoms in total. The van der Waals surface area contributed by atoms with Crippen LogP contribution >= 0.6 is 0 Å². The van der Waals surface area contributed by atoms with Crippen molar-refractivity contribution in [3.8, 4) is 5.75 Å². The van der Waals surface area contributed by atoms with Crippen LogP contribution in [0.1, 0.15) is 44.1 Å². The van der Waals surface area contributed by atoms with Crippen LogP contribution in [0.2, 0.25) is 0 Å². The molecule has 130 valence electrons. The average molecular weight is 328 g/mol. The Hall–Kier alpha value is -1.26. The lowest BCUT2D eigenvalue weighted by atomic mass is 9.52. The maximum Gasteiger partial charge on any atom is 0.142 e. The molecule has 24 heavy (non-hydrogen) atoms. The number of para-hydroxylation sites is 1. The number of hydrogen-bond acceptors (Lipinski definition) is 4. The molecular weight excluding hydrogens is 300 g/mol. The number of methoxy groups -OCH3 is 1. The molecule has 0 radical (unpaired) electrons. The van der Waals surface area contributed by atoms with E-state index in [1.807, 2.05) is 0 Å². The topological polar surface area (TPSA) is 44.7 Å². The summed E-state index contributed by atoms with van der Waals surface area (Å²) >= 11 is 0. The van der Waals surface area contributed by atoms with Gasteiger partial charge in [-0.1, -0.05) is 12.1 Å². The fourth-order valence-corrected chi connectivity index (χ4v) is 6.87. The van der Waals surface area contributed by atoms with Gasteiger partial charge in [0, 0.05) is 24.1 Å². The zero-order valence-electron chi connectivity index (χ0n) is 14.6. The SMILES string of the molecule is COc1cccc2c1N[C@@H]1CC[C@@]3(CCO)CCCN4CC[C@@]21[C@H]43. The lowest BCUT2D eigenvalue weighted by molar-refractivity contribution is -0.0422. The fourth-order valence-electron chi connectivity index (χ4n) is 6.87. The second-order valence-corrected chi connectivity index (χ2v) is 8.29. The predicted molar refractivity (Wildman–Crippen MR) is 94.7 cm³/mol. The van der Waals surface area contributed by atoms with Gasteiger partial charge in [-0.3, -0.25) is 4.90 Å². The van der Waals surface area contributed by atoms with Crippen LogP contribution in [0.5, 0.6) is 5.75 Å². The first-order valence-corrected chi connectivity index (χ1v) is 9.54. The fraction of sp³-hybridized carbons (Fsp3) is 0.700. The summed E-state index contributed by atoms with van der Waals surface area (Å²) in [6.07, 6.45) is 7.22. The first-order valence-electron chi connectivity index (χ1n) is 9.54. The molecule has 0 amide bonds. The summed E-state index contributed by atoms with van der Waals surface area (Å²) in [6.45, 7) is 2.75. The van der Waals surface area contributed by atoms with Gasteiger partial charge in [0.05, 0.1) is 12.8 Å². The van der Waals surface area contributed by atoms with Crippen LogP contribution in [0.4, 0.5) is 5.69 Å². The molecule has 3 aliphatic heterocycles. The molecule has 2 saturated heterocycles. The highest BCUT2D eigenvalue weighted by atomic mass is 16.5. The Kier molecular flexibility index (Phi) is 3.21. The minimum atomic E-state index is 0.206. The molecule has 2 N–H and O–H groups in total. The standard InChI is InChI=1S/C20H28N2O2/c1-24-15-5-2-4-14-17(15)21-16-6-8-19(10-13-23)7-3-11-22-12-9-20(14,16)18(19)22/h2,4-5,16,18,21,23H,3,6-13H2,1H3/t16-,18-,19-,20-/m1/s1. The van der Waals surface area contributed by atoms with Crippen molar-refractivity contribution >= 4 is 5.69 Å². The minimum Gasteiger partial charge on any atom is -0.495 e. The van der Waals surface area contributed by atoms with Gasteiger partial charge in [0.1, 0.15) is 5.75 Å². The molecule has 1 aromatic carbocycles. The van der Waals surface area contributed by atoms with E-state index in [9.17, 15) is 5.11 Å². The Labute approximate surface area is 144 Å². The lowest BCUT2D eigenvalue weighted by Crippen LogP contribution is -2.63. The number of rotatable bonds is 3. The number of aliphatic hydroxyl groups excluding tert-OH is 1. The van der Waals surface area contributed by atoms with E-state index in [1.165, 1.54) is 56.4 Å². The highest BCUT2D eigenvalue weighted by molar-refractivity contribution is 5.71. The highest BCUT2D eigenvalue weighted by Gasteiger charge is 2.66. The molecule has 1 saturated carbocycles. The summed E-state index contributed by atoms with van der Waals surface area (Å²) in [6, 6.07) is 7.66. The number of aliphatic hydroxyl groups is 1. The molecule has 1 spiro atoms. The molecule has 3 fully saturated rings. The van der Waals surface area contributed by atoms with Crippen molar-refractivity contribution in [2.75, 3.05) is 32.1 Å². The molecule has 4 heteroatoms. The first kappa shape index (κ1) is 15.0. The number of hydrogen-bond donors (Lipinski definition) is 2. The minimum absolute atomic E-state index is 0.206. The molecule has 5 rings (SSSR count). The van der Waals surface area contributed by atoms with E-state index in [0.29, 0.717) is 24.1 Å². The summed E-state index contributed by atoms with van der Waals surface area (Å²) in [5, 5.41) is 13.7. The van der Waals surface area contributed by atoms with Crippen LogP contribution in [0, 0.1) is 5.41 Å². The summed E-state index contributed by atoms with van der Waals surface area (Å²) in [5.41, 5.74) is 3.21. The Morgan fingerprint density at radius 2 is 2.21 bits per heavy atom. The number of fused-ring (bicyclic) bond motifs is 1. The van der Waals surface area contributed by atoms with E-state index in [2.05, 4.69) is 28.4 Å².